The van der Waals surface area contributed by atoms with Crippen LogP contribution in [0.5, 0.6) is 0 Å². The van der Waals surface area contributed by atoms with E-state index in [1.165, 1.54) is 6.42 Å². The molecule has 0 aliphatic heterocycles. The molecule has 3 N–H and O–H groups in total. The van der Waals surface area contributed by atoms with Crippen molar-refractivity contribution in [1.82, 2.24) is 9.97 Å². The Bertz CT molecular complexity index is 477. The van der Waals surface area contributed by atoms with Crippen molar-refractivity contribution in [2.45, 2.75) is 57.9 Å². The Hall–Kier alpha value is -1.36. The molecule has 118 valence electrons. The molecule has 1 aliphatic rings. The normalized spacial score (nSPS) is 25.9. The van der Waals surface area contributed by atoms with E-state index in [1.807, 2.05) is 7.05 Å². The van der Waals surface area contributed by atoms with Gasteiger partial charge < -0.3 is 15.7 Å². The van der Waals surface area contributed by atoms with Crippen molar-refractivity contribution in [2.75, 3.05) is 24.3 Å². The SMILES string of the molecule is CNc1ncnc(NC2(CO)CCCC(C)C2)c1C(C)C. The molecule has 2 unspecified atom stereocenters. The van der Waals surface area contributed by atoms with E-state index in [4.69, 9.17) is 0 Å². The molecule has 5 heteroatoms. The monoisotopic (exact) mass is 292 g/mol. The molecule has 0 spiro atoms. The van der Waals surface area contributed by atoms with Crippen LogP contribution in [0, 0.1) is 5.92 Å². The summed E-state index contributed by atoms with van der Waals surface area (Å²) in [5.41, 5.74) is 0.840. The number of anilines is 2. The number of rotatable bonds is 5. The van der Waals surface area contributed by atoms with Gasteiger partial charge in [-0.2, -0.15) is 0 Å². The third kappa shape index (κ3) is 3.46. The van der Waals surface area contributed by atoms with Crippen LogP contribution in [0.4, 0.5) is 11.6 Å². The van der Waals surface area contributed by atoms with Crippen molar-refractivity contribution >= 4 is 11.6 Å². The van der Waals surface area contributed by atoms with Gasteiger partial charge in [0.1, 0.15) is 18.0 Å². The zero-order valence-corrected chi connectivity index (χ0v) is 13.6. The zero-order chi connectivity index (χ0) is 15.5. The summed E-state index contributed by atoms with van der Waals surface area (Å²) in [7, 11) is 1.88. The van der Waals surface area contributed by atoms with Gasteiger partial charge in [0, 0.05) is 12.6 Å². The molecule has 0 radical (unpaired) electrons. The van der Waals surface area contributed by atoms with Crippen molar-refractivity contribution in [3.63, 3.8) is 0 Å². The van der Waals surface area contributed by atoms with Gasteiger partial charge in [-0.3, -0.25) is 0 Å². The van der Waals surface area contributed by atoms with E-state index < -0.39 is 0 Å². The van der Waals surface area contributed by atoms with Crippen LogP contribution in [-0.4, -0.2) is 34.3 Å². The summed E-state index contributed by atoms with van der Waals surface area (Å²) in [5.74, 6) is 2.66. The predicted octanol–water partition coefficient (Wildman–Crippen LogP) is 2.99. The Kier molecular flexibility index (Phi) is 5.04. The number of nitrogens with one attached hydrogen (secondary N) is 2. The number of aliphatic hydroxyl groups excluding tert-OH is 1. The Balaban J connectivity index is 2.33. The molecule has 1 aliphatic carbocycles. The number of nitrogens with zero attached hydrogens (tertiary/aromatic N) is 2. The Morgan fingerprint density at radius 2 is 2.10 bits per heavy atom. The maximum Gasteiger partial charge on any atom is 0.135 e. The lowest BCUT2D eigenvalue weighted by Gasteiger charge is -2.40. The second-order valence-corrected chi connectivity index (χ2v) is 6.65. The van der Waals surface area contributed by atoms with Gasteiger partial charge in [0.25, 0.3) is 0 Å². The molecule has 2 atom stereocenters. The van der Waals surface area contributed by atoms with Crippen molar-refractivity contribution < 1.29 is 5.11 Å². The zero-order valence-electron chi connectivity index (χ0n) is 13.6. The first-order chi connectivity index (χ1) is 10.0. The number of hydrogen-bond donors (Lipinski definition) is 3. The first kappa shape index (κ1) is 16.0. The minimum absolute atomic E-state index is 0.147. The molecule has 1 saturated carbocycles. The van der Waals surface area contributed by atoms with Crippen molar-refractivity contribution in [3.8, 4) is 0 Å². The number of aliphatic hydroxyl groups is 1. The van der Waals surface area contributed by atoms with Gasteiger partial charge in [0.05, 0.1) is 12.1 Å². The highest BCUT2D eigenvalue weighted by Gasteiger charge is 2.35. The summed E-state index contributed by atoms with van der Waals surface area (Å²) in [6.45, 7) is 6.68. The largest absolute Gasteiger partial charge is 0.394 e. The molecule has 0 saturated heterocycles. The van der Waals surface area contributed by atoms with E-state index in [2.05, 4.69) is 41.4 Å². The molecule has 2 rings (SSSR count). The molecule has 0 bridgehead atoms. The van der Waals surface area contributed by atoms with Gasteiger partial charge >= 0.3 is 0 Å². The molecule has 1 heterocycles. The lowest BCUT2D eigenvalue weighted by atomic mass is 9.76. The average molecular weight is 292 g/mol. The van der Waals surface area contributed by atoms with Crippen LogP contribution in [0.1, 0.15) is 57.9 Å². The first-order valence-corrected chi connectivity index (χ1v) is 7.93. The van der Waals surface area contributed by atoms with E-state index in [0.717, 1.165) is 36.5 Å². The highest BCUT2D eigenvalue weighted by Crippen LogP contribution is 2.37. The van der Waals surface area contributed by atoms with Crippen molar-refractivity contribution in [1.29, 1.82) is 0 Å². The van der Waals surface area contributed by atoms with Crippen LogP contribution in [0.2, 0.25) is 0 Å². The van der Waals surface area contributed by atoms with Crippen LogP contribution < -0.4 is 10.6 Å². The molecule has 0 aromatic carbocycles. The average Bonchev–Trinajstić information content (AvgIpc) is 2.46. The second kappa shape index (κ2) is 6.60. The quantitative estimate of drug-likeness (QED) is 0.778. The summed E-state index contributed by atoms with van der Waals surface area (Å²) >= 11 is 0. The molecule has 0 amide bonds. The highest BCUT2D eigenvalue weighted by atomic mass is 16.3. The van der Waals surface area contributed by atoms with Crippen LogP contribution in [0.25, 0.3) is 0 Å². The predicted molar refractivity (Wildman–Crippen MR) is 86.7 cm³/mol. The lowest BCUT2D eigenvalue weighted by molar-refractivity contribution is 0.149. The fourth-order valence-corrected chi connectivity index (χ4v) is 3.45. The summed E-state index contributed by atoms with van der Waals surface area (Å²) < 4.78 is 0. The fraction of sp³-hybridized carbons (Fsp3) is 0.750. The Morgan fingerprint density at radius 1 is 1.38 bits per heavy atom. The van der Waals surface area contributed by atoms with Crippen LogP contribution >= 0.6 is 0 Å². The molecule has 1 aromatic heterocycles. The molecule has 5 nitrogen and oxygen atoms in total. The summed E-state index contributed by atoms with van der Waals surface area (Å²) in [5, 5.41) is 16.7. The third-order valence-electron chi connectivity index (χ3n) is 4.48. The molecule has 1 fully saturated rings. The van der Waals surface area contributed by atoms with Crippen molar-refractivity contribution in [3.05, 3.63) is 11.9 Å². The minimum atomic E-state index is -0.249. The van der Waals surface area contributed by atoms with E-state index in [-0.39, 0.29) is 12.1 Å². The van der Waals surface area contributed by atoms with Gasteiger partial charge in [0.2, 0.25) is 0 Å². The van der Waals surface area contributed by atoms with E-state index >= 15 is 0 Å². The molecular weight excluding hydrogens is 264 g/mol. The number of hydrogen-bond acceptors (Lipinski definition) is 5. The van der Waals surface area contributed by atoms with Crippen LogP contribution in [0.3, 0.4) is 0 Å². The topological polar surface area (TPSA) is 70.1 Å². The molecule has 21 heavy (non-hydrogen) atoms. The first-order valence-electron chi connectivity index (χ1n) is 7.93. The van der Waals surface area contributed by atoms with Crippen molar-refractivity contribution in [2.24, 2.45) is 5.92 Å². The molecular formula is C16H28N4O. The van der Waals surface area contributed by atoms with Gasteiger partial charge in [-0.05, 0) is 24.7 Å². The lowest BCUT2D eigenvalue weighted by Crippen LogP contribution is -2.46. The highest BCUT2D eigenvalue weighted by molar-refractivity contribution is 5.59. The minimum Gasteiger partial charge on any atom is -0.394 e. The second-order valence-electron chi connectivity index (χ2n) is 6.65. The third-order valence-corrected chi connectivity index (χ3v) is 4.48. The number of aromatic nitrogens is 2. The van der Waals surface area contributed by atoms with Gasteiger partial charge in [0.15, 0.2) is 0 Å². The van der Waals surface area contributed by atoms with Crippen LogP contribution in [0.15, 0.2) is 6.33 Å². The maximum atomic E-state index is 9.96. The van der Waals surface area contributed by atoms with E-state index in [1.54, 1.807) is 6.33 Å². The standard InChI is InChI=1S/C16H28N4O/c1-11(2)13-14(17-4)18-10-19-15(13)20-16(9-21)7-5-6-12(3)8-16/h10-12,21H,5-9H2,1-4H3,(H2,17,18,19,20). The van der Waals surface area contributed by atoms with Gasteiger partial charge in [-0.1, -0.05) is 33.6 Å². The Labute approximate surface area is 127 Å². The van der Waals surface area contributed by atoms with Gasteiger partial charge in [-0.15, -0.1) is 0 Å². The summed E-state index contributed by atoms with van der Waals surface area (Å²) in [6, 6.07) is 0. The summed E-state index contributed by atoms with van der Waals surface area (Å²) in [4.78, 5) is 8.76. The fourth-order valence-electron chi connectivity index (χ4n) is 3.45. The van der Waals surface area contributed by atoms with E-state index in [0.29, 0.717) is 11.8 Å². The summed E-state index contributed by atoms with van der Waals surface area (Å²) in [6.07, 6.45) is 5.95. The van der Waals surface area contributed by atoms with Gasteiger partial charge in [-0.25, -0.2) is 9.97 Å². The Morgan fingerprint density at radius 3 is 2.67 bits per heavy atom. The van der Waals surface area contributed by atoms with Crippen LogP contribution in [-0.2, 0) is 0 Å². The molecule has 1 aromatic rings. The maximum absolute atomic E-state index is 9.96. The van der Waals surface area contributed by atoms with E-state index in [9.17, 15) is 5.11 Å². The smallest absolute Gasteiger partial charge is 0.135 e.